The number of nitrogens with zero attached hydrogens (tertiary/aromatic N) is 4. The number of anilines is 1. The smallest absolute Gasteiger partial charge is 0.223 e. The normalized spacial score (nSPS) is 15.3. The molecule has 3 aromatic heterocycles. The highest BCUT2D eigenvalue weighted by atomic mass is 32.1. The average Bonchev–Trinajstić information content (AvgIpc) is 3.42. The maximum Gasteiger partial charge on any atom is 0.223 e. The summed E-state index contributed by atoms with van der Waals surface area (Å²) >= 11 is 3.28. The zero-order valence-corrected chi connectivity index (χ0v) is 17.1. The number of carbonyl (C=O) groups excluding carboxylic acids is 1. The Hall–Kier alpha value is -2.19. The van der Waals surface area contributed by atoms with E-state index in [9.17, 15) is 4.79 Å². The summed E-state index contributed by atoms with van der Waals surface area (Å²) in [5, 5.41) is 15.7. The van der Waals surface area contributed by atoms with E-state index in [1.807, 2.05) is 11.4 Å². The molecule has 142 valence electrons. The Kier molecular flexibility index (Phi) is 5.27. The number of thiophene rings is 1. The van der Waals surface area contributed by atoms with Crippen molar-refractivity contribution in [3.8, 4) is 5.13 Å². The van der Waals surface area contributed by atoms with E-state index in [0.29, 0.717) is 6.54 Å². The number of amides is 1. The summed E-state index contributed by atoms with van der Waals surface area (Å²) in [5.74, 6) is 0.252. The van der Waals surface area contributed by atoms with Gasteiger partial charge in [0.15, 0.2) is 0 Å². The van der Waals surface area contributed by atoms with Crippen LogP contribution < -0.4 is 10.2 Å². The van der Waals surface area contributed by atoms with Gasteiger partial charge in [-0.1, -0.05) is 17.4 Å². The minimum Gasteiger partial charge on any atom is -0.351 e. The van der Waals surface area contributed by atoms with E-state index in [4.69, 9.17) is 0 Å². The predicted octanol–water partition coefficient (Wildman–Crippen LogP) is 3.54. The summed E-state index contributed by atoms with van der Waals surface area (Å²) in [7, 11) is 0. The minimum absolute atomic E-state index is 0.0857. The highest BCUT2D eigenvalue weighted by molar-refractivity contribution is 7.17. The summed E-state index contributed by atoms with van der Waals surface area (Å²) in [4.78, 5) is 15.9. The molecule has 27 heavy (non-hydrogen) atoms. The van der Waals surface area contributed by atoms with Crippen molar-refractivity contribution in [2.45, 2.75) is 33.2 Å². The lowest BCUT2D eigenvalue weighted by atomic mass is 9.96. The van der Waals surface area contributed by atoms with Crippen LogP contribution in [0, 0.1) is 19.8 Å². The van der Waals surface area contributed by atoms with Gasteiger partial charge < -0.3 is 10.2 Å². The molecule has 4 rings (SSSR count). The largest absolute Gasteiger partial charge is 0.351 e. The molecule has 1 amide bonds. The highest BCUT2D eigenvalue weighted by Crippen LogP contribution is 2.29. The maximum atomic E-state index is 12.4. The van der Waals surface area contributed by atoms with Crippen LogP contribution in [0.25, 0.3) is 5.13 Å². The molecule has 1 aliphatic heterocycles. The predicted molar refractivity (Wildman–Crippen MR) is 110 cm³/mol. The Morgan fingerprint density at radius 2 is 1.85 bits per heavy atom. The van der Waals surface area contributed by atoms with Crippen LogP contribution in [0.3, 0.4) is 0 Å². The molecule has 3 aromatic rings. The van der Waals surface area contributed by atoms with Gasteiger partial charge in [-0.25, -0.2) is 0 Å². The first-order valence-corrected chi connectivity index (χ1v) is 10.9. The van der Waals surface area contributed by atoms with Gasteiger partial charge in [-0.15, -0.1) is 21.5 Å². The van der Waals surface area contributed by atoms with Crippen molar-refractivity contribution in [1.82, 2.24) is 20.1 Å². The Labute approximate surface area is 166 Å². The van der Waals surface area contributed by atoms with E-state index in [1.165, 1.54) is 4.88 Å². The van der Waals surface area contributed by atoms with Crippen LogP contribution in [0.15, 0.2) is 29.6 Å². The van der Waals surface area contributed by atoms with Gasteiger partial charge in [-0.3, -0.25) is 9.36 Å². The van der Waals surface area contributed by atoms with E-state index in [1.54, 1.807) is 22.7 Å². The Bertz CT molecular complexity index is 887. The molecule has 0 spiro atoms. The van der Waals surface area contributed by atoms with Crippen molar-refractivity contribution in [1.29, 1.82) is 0 Å². The quantitative estimate of drug-likeness (QED) is 0.710. The standard InChI is InChI=1S/C19H23N5OS2/c1-13-5-6-14(2)24(13)19-22-21-18(27-19)23-9-7-15(8-10-23)17(25)20-12-16-4-3-11-26-16/h3-6,11,15H,7-10,12H2,1-2H3,(H,20,25). The number of hydrogen-bond donors (Lipinski definition) is 1. The van der Waals surface area contributed by atoms with Crippen molar-refractivity contribution in [2.75, 3.05) is 18.0 Å². The monoisotopic (exact) mass is 401 g/mol. The van der Waals surface area contributed by atoms with Gasteiger partial charge in [0.25, 0.3) is 0 Å². The maximum absolute atomic E-state index is 12.4. The van der Waals surface area contributed by atoms with Gasteiger partial charge in [-0.2, -0.15) is 0 Å². The molecule has 0 aliphatic carbocycles. The zero-order chi connectivity index (χ0) is 18.8. The number of rotatable bonds is 5. The first-order chi connectivity index (χ1) is 13.1. The summed E-state index contributed by atoms with van der Waals surface area (Å²) in [6.07, 6.45) is 1.71. The summed E-state index contributed by atoms with van der Waals surface area (Å²) in [6, 6.07) is 8.25. The lowest BCUT2D eigenvalue weighted by Crippen LogP contribution is -2.40. The second-order valence-corrected chi connectivity index (χ2v) is 8.84. The second-order valence-electron chi connectivity index (χ2n) is 6.88. The molecule has 1 saturated heterocycles. The van der Waals surface area contributed by atoms with Gasteiger partial charge in [0, 0.05) is 35.3 Å². The number of aromatic nitrogens is 3. The van der Waals surface area contributed by atoms with Crippen LogP contribution in [0.5, 0.6) is 0 Å². The summed E-state index contributed by atoms with van der Waals surface area (Å²) in [5.41, 5.74) is 2.33. The lowest BCUT2D eigenvalue weighted by molar-refractivity contribution is -0.125. The number of aryl methyl sites for hydroxylation is 2. The third-order valence-electron chi connectivity index (χ3n) is 5.02. The first kappa shape index (κ1) is 18.2. The van der Waals surface area contributed by atoms with Crippen molar-refractivity contribution in [3.05, 3.63) is 45.9 Å². The van der Waals surface area contributed by atoms with Gasteiger partial charge in [0.1, 0.15) is 0 Å². The van der Waals surface area contributed by atoms with Crippen molar-refractivity contribution < 1.29 is 4.79 Å². The van der Waals surface area contributed by atoms with E-state index in [-0.39, 0.29) is 11.8 Å². The van der Waals surface area contributed by atoms with E-state index >= 15 is 0 Å². The Morgan fingerprint density at radius 3 is 2.52 bits per heavy atom. The van der Waals surface area contributed by atoms with Crippen LogP contribution in [-0.2, 0) is 11.3 Å². The molecule has 1 N–H and O–H groups in total. The van der Waals surface area contributed by atoms with E-state index < -0.39 is 0 Å². The van der Waals surface area contributed by atoms with Crippen LogP contribution >= 0.6 is 22.7 Å². The second kappa shape index (κ2) is 7.82. The van der Waals surface area contributed by atoms with Crippen molar-refractivity contribution in [3.63, 3.8) is 0 Å². The molecular formula is C19H23N5OS2. The van der Waals surface area contributed by atoms with Gasteiger partial charge in [0.05, 0.1) is 6.54 Å². The van der Waals surface area contributed by atoms with E-state index in [0.717, 1.165) is 47.6 Å². The third kappa shape index (κ3) is 3.91. The zero-order valence-electron chi connectivity index (χ0n) is 15.5. The first-order valence-electron chi connectivity index (χ1n) is 9.15. The van der Waals surface area contributed by atoms with E-state index in [2.05, 4.69) is 57.0 Å². The molecular weight excluding hydrogens is 378 g/mol. The lowest BCUT2D eigenvalue weighted by Gasteiger charge is -2.30. The Morgan fingerprint density at radius 1 is 1.15 bits per heavy atom. The molecule has 0 bridgehead atoms. The summed E-state index contributed by atoms with van der Waals surface area (Å²) in [6.45, 7) is 6.47. The minimum atomic E-state index is 0.0857. The third-order valence-corrected chi connectivity index (χ3v) is 6.86. The molecule has 0 unspecified atom stereocenters. The van der Waals surface area contributed by atoms with Crippen LogP contribution in [0.1, 0.15) is 29.1 Å². The fraction of sp³-hybridized carbons (Fsp3) is 0.421. The van der Waals surface area contributed by atoms with Crippen LogP contribution in [0.2, 0.25) is 0 Å². The molecule has 0 saturated carbocycles. The molecule has 4 heterocycles. The Balaban J connectivity index is 1.33. The highest BCUT2D eigenvalue weighted by Gasteiger charge is 2.26. The molecule has 0 atom stereocenters. The molecule has 6 nitrogen and oxygen atoms in total. The molecule has 0 radical (unpaired) electrons. The van der Waals surface area contributed by atoms with Crippen molar-refractivity contribution in [2.24, 2.45) is 5.92 Å². The van der Waals surface area contributed by atoms with Crippen LogP contribution in [-0.4, -0.2) is 33.8 Å². The fourth-order valence-electron chi connectivity index (χ4n) is 3.46. The molecule has 8 heteroatoms. The fourth-order valence-corrected chi connectivity index (χ4v) is 5.12. The number of hydrogen-bond acceptors (Lipinski definition) is 6. The topological polar surface area (TPSA) is 63.1 Å². The molecule has 1 fully saturated rings. The van der Waals surface area contributed by atoms with Gasteiger partial charge >= 0.3 is 0 Å². The van der Waals surface area contributed by atoms with Gasteiger partial charge in [0.2, 0.25) is 16.2 Å². The SMILES string of the molecule is Cc1ccc(C)n1-c1nnc(N2CCC(C(=O)NCc3cccs3)CC2)s1. The molecule has 1 aliphatic rings. The number of nitrogens with one attached hydrogen (secondary N) is 1. The molecule has 0 aromatic carbocycles. The van der Waals surface area contributed by atoms with Crippen molar-refractivity contribution >= 4 is 33.7 Å². The summed E-state index contributed by atoms with van der Waals surface area (Å²) < 4.78 is 2.13. The van der Waals surface area contributed by atoms with Crippen LogP contribution in [0.4, 0.5) is 5.13 Å². The van der Waals surface area contributed by atoms with Gasteiger partial charge in [-0.05, 0) is 50.3 Å². The number of carbonyl (C=O) groups is 1. The number of piperidine rings is 1. The average molecular weight is 402 g/mol.